The fourth-order valence-corrected chi connectivity index (χ4v) is 1.65. The second-order valence-electron chi connectivity index (χ2n) is 4.77. The second-order valence-corrected chi connectivity index (χ2v) is 4.77. The lowest BCUT2D eigenvalue weighted by atomic mass is 9.95. The summed E-state index contributed by atoms with van der Waals surface area (Å²) in [6.07, 6.45) is 1.87. The minimum Gasteiger partial charge on any atom is -0.343 e. The number of nitrogens with two attached hydrogens (primary N) is 1. The third-order valence-electron chi connectivity index (χ3n) is 2.99. The van der Waals surface area contributed by atoms with Gasteiger partial charge < -0.3 is 10.6 Å². The van der Waals surface area contributed by atoms with Crippen LogP contribution in [0.1, 0.15) is 40.5 Å². The van der Waals surface area contributed by atoms with Crippen molar-refractivity contribution in [3.8, 4) is 0 Å². The molecule has 3 heteroatoms. The zero-order valence-corrected chi connectivity index (χ0v) is 10.8. The Kier molecular flexibility index (Phi) is 6.57. The van der Waals surface area contributed by atoms with E-state index in [4.69, 9.17) is 5.73 Å². The number of hydrogen-bond donors (Lipinski definition) is 1. The fourth-order valence-electron chi connectivity index (χ4n) is 1.65. The van der Waals surface area contributed by atoms with Gasteiger partial charge in [-0.2, -0.15) is 0 Å². The van der Waals surface area contributed by atoms with Gasteiger partial charge in [-0.05, 0) is 25.7 Å². The van der Waals surface area contributed by atoms with Crippen LogP contribution in [0.2, 0.25) is 0 Å². The van der Waals surface area contributed by atoms with Crippen LogP contribution in [0.3, 0.4) is 0 Å². The minimum absolute atomic E-state index is 0.0102. The Bertz CT molecular complexity index is 192. The van der Waals surface area contributed by atoms with E-state index in [-0.39, 0.29) is 11.8 Å². The van der Waals surface area contributed by atoms with Crippen molar-refractivity contribution >= 4 is 5.91 Å². The molecule has 0 aliphatic heterocycles. The highest BCUT2D eigenvalue weighted by Gasteiger charge is 2.23. The molecule has 0 rings (SSSR count). The van der Waals surface area contributed by atoms with E-state index in [0.29, 0.717) is 18.5 Å². The molecule has 2 atom stereocenters. The summed E-state index contributed by atoms with van der Waals surface area (Å²) in [5.41, 5.74) is 5.65. The van der Waals surface area contributed by atoms with Gasteiger partial charge in [0, 0.05) is 19.6 Å². The first-order chi connectivity index (χ1) is 6.93. The highest BCUT2D eigenvalue weighted by Crippen LogP contribution is 2.15. The van der Waals surface area contributed by atoms with Crippen molar-refractivity contribution in [2.45, 2.75) is 46.6 Å². The molecule has 0 aromatic carbocycles. The quantitative estimate of drug-likeness (QED) is 0.733. The normalized spacial score (nSPS) is 15.1. The second kappa shape index (κ2) is 6.83. The molecule has 0 aliphatic carbocycles. The highest BCUT2D eigenvalue weighted by atomic mass is 16.2. The maximum absolute atomic E-state index is 12.1. The van der Waals surface area contributed by atoms with Crippen molar-refractivity contribution < 1.29 is 4.79 Å². The zero-order valence-electron chi connectivity index (χ0n) is 10.8. The number of hydrogen-bond acceptors (Lipinski definition) is 2. The van der Waals surface area contributed by atoms with Crippen LogP contribution < -0.4 is 5.73 Å². The van der Waals surface area contributed by atoms with Crippen molar-refractivity contribution in [3.63, 3.8) is 0 Å². The lowest BCUT2D eigenvalue weighted by Crippen LogP contribution is -2.41. The van der Waals surface area contributed by atoms with Crippen LogP contribution >= 0.6 is 0 Å². The Morgan fingerprint density at radius 3 is 2.20 bits per heavy atom. The molecule has 1 amide bonds. The topological polar surface area (TPSA) is 46.3 Å². The van der Waals surface area contributed by atoms with E-state index in [0.717, 1.165) is 12.8 Å². The van der Waals surface area contributed by atoms with Gasteiger partial charge >= 0.3 is 0 Å². The molecule has 15 heavy (non-hydrogen) atoms. The van der Waals surface area contributed by atoms with Gasteiger partial charge in [0.15, 0.2) is 0 Å². The van der Waals surface area contributed by atoms with E-state index in [1.165, 1.54) is 0 Å². The Morgan fingerprint density at radius 1 is 1.33 bits per heavy atom. The molecule has 0 saturated carbocycles. The number of rotatable bonds is 6. The van der Waals surface area contributed by atoms with Gasteiger partial charge in [0.2, 0.25) is 5.91 Å². The molecular weight excluding hydrogens is 188 g/mol. The SMILES string of the molecule is CCC(C)N(C)C(=O)C(CN)CC(C)C. The van der Waals surface area contributed by atoms with Crippen LogP contribution in [0.4, 0.5) is 0 Å². The monoisotopic (exact) mass is 214 g/mol. The summed E-state index contributed by atoms with van der Waals surface area (Å²) >= 11 is 0. The van der Waals surface area contributed by atoms with E-state index in [1.54, 1.807) is 0 Å². The standard InChI is InChI=1S/C12H26N2O/c1-6-10(4)14(5)12(15)11(8-13)7-9(2)3/h9-11H,6-8,13H2,1-5H3. The van der Waals surface area contributed by atoms with Crippen molar-refractivity contribution in [1.29, 1.82) is 0 Å². The van der Waals surface area contributed by atoms with E-state index in [2.05, 4.69) is 27.7 Å². The number of amides is 1. The number of carbonyl (C=O) groups excluding carboxylic acids is 1. The van der Waals surface area contributed by atoms with Gasteiger partial charge in [0.1, 0.15) is 0 Å². The van der Waals surface area contributed by atoms with Gasteiger partial charge in [-0.25, -0.2) is 0 Å². The lowest BCUT2D eigenvalue weighted by molar-refractivity contribution is -0.136. The molecule has 2 unspecified atom stereocenters. The van der Waals surface area contributed by atoms with Gasteiger partial charge in [0.05, 0.1) is 5.92 Å². The zero-order chi connectivity index (χ0) is 12.0. The third kappa shape index (κ3) is 4.65. The predicted octanol–water partition coefficient (Wildman–Crippen LogP) is 1.86. The van der Waals surface area contributed by atoms with Crippen molar-refractivity contribution in [1.82, 2.24) is 4.90 Å². The third-order valence-corrected chi connectivity index (χ3v) is 2.99. The number of carbonyl (C=O) groups is 1. The van der Waals surface area contributed by atoms with E-state index < -0.39 is 0 Å². The molecule has 90 valence electrons. The van der Waals surface area contributed by atoms with E-state index >= 15 is 0 Å². The van der Waals surface area contributed by atoms with Crippen molar-refractivity contribution in [3.05, 3.63) is 0 Å². The first kappa shape index (κ1) is 14.4. The Labute approximate surface area is 94.0 Å². The van der Waals surface area contributed by atoms with Crippen LogP contribution in [0.15, 0.2) is 0 Å². The maximum atomic E-state index is 12.1. The van der Waals surface area contributed by atoms with Crippen LogP contribution in [-0.2, 0) is 4.79 Å². The number of nitrogens with zero attached hydrogens (tertiary/aromatic N) is 1. The predicted molar refractivity (Wildman–Crippen MR) is 64.5 cm³/mol. The molecule has 0 fully saturated rings. The van der Waals surface area contributed by atoms with Gasteiger partial charge in [-0.3, -0.25) is 4.79 Å². The summed E-state index contributed by atoms with van der Waals surface area (Å²) in [5.74, 6) is 0.706. The summed E-state index contributed by atoms with van der Waals surface area (Å²) in [5, 5.41) is 0. The Hall–Kier alpha value is -0.570. The molecule has 0 radical (unpaired) electrons. The minimum atomic E-state index is -0.0102. The largest absolute Gasteiger partial charge is 0.343 e. The molecule has 0 aromatic rings. The Balaban J connectivity index is 4.37. The molecule has 0 aliphatic rings. The van der Waals surface area contributed by atoms with Crippen LogP contribution in [0, 0.1) is 11.8 Å². The molecule has 2 N–H and O–H groups in total. The molecule has 0 aromatic heterocycles. The average Bonchev–Trinajstić information content (AvgIpc) is 2.22. The van der Waals surface area contributed by atoms with Gasteiger partial charge in [0.25, 0.3) is 0 Å². The average molecular weight is 214 g/mol. The summed E-state index contributed by atoms with van der Waals surface area (Å²) in [7, 11) is 1.87. The summed E-state index contributed by atoms with van der Waals surface area (Å²) in [4.78, 5) is 13.9. The lowest BCUT2D eigenvalue weighted by Gasteiger charge is -2.28. The Morgan fingerprint density at radius 2 is 1.87 bits per heavy atom. The highest BCUT2D eigenvalue weighted by molar-refractivity contribution is 5.79. The smallest absolute Gasteiger partial charge is 0.226 e. The molecular formula is C12H26N2O. The first-order valence-corrected chi connectivity index (χ1v) is 5.90. The van der Waals surface area contributed by atoms with Crippen LogP contribution in [0.5, 0.6) is 0 Å². The van der Waals surface area contributed by atoms with E-state index in [1.807, 2.05) is 11.9 Å². The summed E-state index contributed by atoms with van der Waals surface area (Å²) < 4.78 is 0. The molecule has 0 heterocycles. The van der Waals surface area contributed by atoms with Gasteiger partial charge in [-0.1, -0.05) is 20.8 Å². The van der Waals surface area contributed by atoms with Gasteiger partial charge in [-0.15, -0.1) is 0 Å². The van der Waals surface area contributed by atoms with Crippen LogP contribution in [0.25, 0.3) is 0 Å². The summed E-state index contributed by atoms with van der Waals surface area (Å²) in [6, 6.07) is 0.304. The molecule has 0 spiro atoms. The van der Waals surface area contributed by atoms with Crippen molar-refractivity contribution in [2.75, 3.05) is 13.6 Å². The van der Waals surface area contributed by atoms with Crippen molar-refractivity contribution in [2.24, 2.45) is 17.6 Å². The summed E-state index contributed by atoms with van der Waals surface area (Å²) in [6.45, 7) is 8.87. The van der Waals surface area contributed by atoms with Crippen LogP contribution in [-0.4, -0.2) is 30.4 Å². The first-order valence-electron chi connectivity index (χ1n) is 5.90. The fraction of sp³-hybridized carbons (Fsp3) is 0.917. The maximum Gasteiger partial charge on any atom is 0.226 e. The molecule has 0 bridgehead atoms. The molecule has 0 saturated heterocycles. The van der Waals surface area contributed by atoms with E-state index in [9.17, 15) is 4.79 Å². The molecule has 3 nitrogen and oxygen atoms in total.